The van der Waals surface area contributed by atoms with Gasteiger partial charge in [-0.05, 0) is 137 Å². The SMILES string of the molecule is Cc1c(S(C)(=O)=O)c(-c2cc(F)cc(N3CCN(c4ccc(NS(=O)(=O)c5ccc(N[C@H](CCN6CC(C)(C(=O)OCCCP(=O)(O)O)C6)CSc6ccccc6)c(S(=O)(=O)C(F)(F)F)c5)cc4)CC3)c2)c(-c2ccc(Cl)cc2)n1C(C)C. The number of carbonyl (C=O) groups is 1. The van der Waals surface area contributed by atoms with E-state index in [1.54, 1.807) is 68.4 Å². The number of alkyl halides is 3. The lowest BCUT2D eigenvalue weighted by atomic mass is 9.82. The van der Waals surface area contributed by atoms with Gasteiger partial charge in [0.05, 0.1) is 39.4 Å². The molecule has 0 spiro atoms. The summed E-state index contributed by atoms with van der Waals surface area (Å²) < 4.78 is 161. The average Bonchev–Trinajstić information content (AvgIpc) is 3.96. The number of thioether (sulfide) groups is 1. The molecule has 5 aromatic carbocycles. The van der Waals surface area contributed by atoms with Gasteiger partial charge in [-0.2, -0.15) is 13.2 Å². The highest BCUT2D eigenvalue weighted by molar-refractivity contribution is 7.99. The van der Waals surface area contributed by atoms with E-state index in [9.17, 15) is 47.8 Å². The van der Waals surface area contributed by atoms with Crippen LogP contribution in [0.2, 0.25) is 5.02 Å². The molecule has 6 aromatic rings. The van der Waals surface area contributed by atoms with Crippen LogP contribution in [-0.2, 0) is 43.8 Å². The fourth-order valence-corrected chi connectivity index (χ4v) is 15.5. The maximum Gasteiger partial charge on any atom is 0.501 e. The number of rotatable bonds is 23. The Morgan fingerprint density at radius 3 is 2.06 bits per heavy atom. The fourth-order valence-electron chi connectivity index (χ4n) is 10.5. The summed E-state index contributed by atoms with van der Waals surface area (Å²) in [6.07, 6.45) is 0.922. The standard InChI is InChI=1S/C56H64ClF4N6O11PS4/c1-37(2)67-38(3)53(81(5,72)73)51(52(67)39-12-14-41(57)15-13-39)40-30-42(58)32-46(31-40)66-26-24-65(25-27-66)45-18-16-43(17-19-45)63-83(76,77)48-20-21-49(50(33-48)82(74,75)56(59,60)61)62-44(34-80-47-10-7-6-8-11-47)22-23-64-35-55(4,36-64)54(68)78-28-9-29-79(69,70)71/h6-8,10-21,30-33,37,44,62-63H,9,22-29,34-36H2,1-5H3,(H2,69,70,71)/t44-/m1/s1. The molecule has 0 bridgehead atoms. The predicted molar refractivity (Wildman–Crippen MR) is 316 cm³/mol. The molecule has 4 N–H and O–H groups in total. The first kappa shape index (κ1) is 63.4. The third-order valence-electron chi connectivity index (χ3n) is 14.4. The molecule has 3 heterocycles. The molecule has 2 saturated heterocycles. The second kappa shape index (κ2) is 25.1. The summed E-state index contributed by atoms with van der Waals surface area (Å²) in [5, 5.41) is 3.45. The van der Waals surface area contributed by atoms with E-state index in [0.717, 1.165) is 23.3 Å². The van der Waals surface area contributed by atoms with Gasteiger partial charge in [-0.25, -0.2) is 29.6 Å². The number of benzene rings is 5. The highest BCUT2D eigenvalue weighted by Gasteiger charge is 2.49. The minimum atomic E-state index is -6.15. The van der Waals surface area contributed by atoms with Crippen LogP contribution in [0.4, 0.5) is 40.3 Å². The number of sulfonamides is 1. The number of esters is 1. The van der Waals surface area contributed by atoms with Crippen molar-refractivity contribution >= 4 is 89.4 Å². The predicted octanol–water partition coefficient (Wildman–Crippen LogP) is 10.7. The number of aromatic nitrogens is 1. The minimum absolute atomic E-state index is 0.0242. The van der Waals surface area contributed by atoms with E-state index < -0.39 is 87.7 Å². The van der Waals surface area contributed by atoms with E-state index in [2.05, 4.69) is 10.0 Å². The van der Waals surface area contributed by atoms with Crippen molar-refractivity contribution in [2.75, 3.05) is 90.4 Å². The third-order valence-corrected chi connectivity index (χ3v) is 20.8. The van der Waals surface area contributed by atoms with Gasteiger partial charge >= 0.3 is 19.1 Å². The third kappa shape index (κ3) is 15.1. The van der Waals surface area contributed by atoms with Crippen molar-refractivity contribution in [3.8, 4) is 22.4 Å². The van der Waals surface area contributed by atoms with Gasteiger partial charge in [0.15, 0.2) is 9.84 Å². The van der Waals surface area contributed by atoms with Crippen LogP contribution in [0.1, 0.15) is 45.3 Å². The molecule has 448 valence electrons. The number of sulfone groups is 2. The topological polar surface area (TPSA) is 225 Å². The summed E-state index contributed by atoms with van der Waals surface area (Å²) in [7, 11) is -18.9. The number of ether oxygens (including phenoxy) is 1. The van der Waals surface area contributed by atoms with Gasteiger partial charge in [0.1, 0.15) is 10.7 Å². The highest BCUT2D eigenvalue weighted by Crippen LogP contribution is 2.45. The van der Waals surface area contributed by atoms with E-state index in [1.807, 2.05) is 51.3 Å². The van der Waals surface area contributed by atoms with Crippen LogP contribution in [0.3, 0.4) is 0 Å². The molecular weight excluding hydrogens is 1200 g/mol. The number of likely N-dealkylation sites (tertiary alicyclic amines) is 1. The van der Waals surface area contributed by atoms with Crippen molar-refractivity contribution < 1.29 is 66.7 Å². The Morgan fingerprint density at radius 1 is 0.843 bits per heavy atom. The minimum Gasteiger partial charge on any atom is -0.465 e. The van der Waals surface area contributed by atoms with Crippen molar-refractivity contribution in [2.45, 2.75) is 77.7 Å². The van der Waals surface area contributed by atoms with Crippen molar-refractivity contribution in [3.05, 3.63) is 132 Å². The Labute approximate surface area is 490 Å². The molecule has 2 aliphatic rings. The zero-order valence-corrected chi connectivity index (χ0v) is 50.9. The second-order valence-electron chi connectivity index (χ2n) is 21.2. The number of halogens is 5. The van der Waals surface area contributed by atoms with Crippen molar-refractivity contribution in [3.63, 3.8) is 0 Å². The average molecular weight is 1270 g/mol. The lowest BCUT2D eigenvalue weighted by Crippen LogP contribution is -2.59. The Hall–Kier alpha value is -5.63. The summed E-state index contributed by atoms with van der Waals surface area (Å²) >= 11 is 7.60. The second-order valence-corrected chi connectivity index (χ2v) is 30.1. The first-order valence-corrected chi connectivity index (χ1v) is 34.3. The Morgan fingerprint density at radius 2 is 1.47 bits per heavy atom. The maximum absolute atomic E-state index is 15.8. The maximum atomic E-state index is 15.8. The molecule has 0 amide bonds. The summed E-state index contributed by atoms with van der Waals surface area (Å²) in [5.74, 6) is -0.876. The van der Waals surface area contributed by atoms with E-state index in [1.165, 1.54) is 36.0 Å². The molecule has 2 aliphatic heterocycles. The van der Waals surface area contributed by atoms with Crippen molar-refractivity contribution in [2.24, 2.45) is 5.41 Å². The van der Waals surface area contributed by atoms with Gasteiger partial charge in [-0.15, -0.1) is 11.8 Å². The quantitative estimate of drug-likeness (QED) is 0.0154. The van der Waals surface area contributed by atoms with Gasteiger partial charge in [0.2, 0.25) is 0 Å². The van der Waals surface area contributed by atoms with Crippen LogP contribution in [0.15, 0.2) is 135 Å². The first-order valence-electron chi connectivity index (χ1n) is 26.3. The largest absolute Gasteiger partial charge is 0.501 e. The number of anilines is 4. The lowest BCUT2D eigenvalue weighted by Gasteiger charge is -2.46. The molecule has 0 aliphatic carbocycles. The molecule has 0 unspecified atom stereocenters. The molecule has 2 fully saturated rings. The van der Waals surface area contributed by atoms with E-state index in [0.29, 0.717) is 83.3 Å². The van der Waals surface area contributed by atoms with Crippen LogP contribution >= 0.6 is 31.0 Å². The van der Waals surface area contributed by atoms with E-state index in [4.69, 9.17) is 26.1 Å². The molecule has 0 saturated carbocycles. The zero-order chi connectivity index (χ0) is 60.5. The summed E-state index contributed by atoms with van der Waals surface area (Å²) in [6.45, 7) is 9.64. The highest BCUT2D eigenvalue weighted by atomic mass is 35.5. The first-order chi connectivity index (χ1) is 38.8. The molecule has 0 radical (unpaired) electrons. The monoisotopic (exact) mass is 1270 g/mol. The number of nitrogens with one attached hydrogen (secondary N) is 2. The van der Waals surface area contributed by atoms with E-state index in [-0.39, 0.29) is 54.9 Å². The lowest BCUT2D eigenvalue weighted by molar-refractivity contribution is -0.165. The van der Waals surface area contributed by atoms with E-state index >= 15 is 4.39 Å². The molecule has 27 heteroatoms. The normalized spacial score (nSPS) is 15.7. The Bertz CT molecular complexity index is 3730. The van der Waals surface area contributed by atoms with Crippen molar-refractivity contribution in [1.82, 2.24) is 9.47 Å². The molecule has 8 rings (SSSR count). The van der Waals surface area contributed by atoms with Crippen molar-refractivity contribution in [1.29, 1.82) is 0 Å². The number of hydrogen-bond acceptors (Lipinski definition) is 14. The van der Waals surface area contributed by atoms with Crippen LogP contribution in [-0.4, -0.2) is 133 Å². The van der Waals surface area contributed by atoms with Crippen LogP contribution in [0.5, 0.6) is 0 Å². The molecule has 17 nitrogen and oxygen atoms in total. The molecule has 1 aromatic heterocycles. The number of piperazine rings is 1. The Kier molecular flexibility index (Phi) is 19.2. The summed E-state index contributed by atoms with van der Waals surface area (Å²) in [4.78, 5) is 35.8. The number of hydrogen-bond donors (Lipinski definition) is 4. The van der Waals surface area contributed by atoms with Gasteiger partial charge in [0.25, 0.3) is 19.9 Å². The van der Waals surface area contributed by atoms with Crippen LogP contribution in [0.25, 0.3) is 22.4 Å². The molecule has 83 heavy (non-hydrogen) atoms. The zero-order valence-electron chi connectivity index (χ0n) is 45.9. The number of nitrogens with zero attached hydrogens (tertiary/aromatic N) is 4. The van der Waals surface area contributed by atoms with Crippen LogP contribution in [0, 0.1) is 18.2 Å². The van der Waals surface area contributed by atoms with Crippen LogP contribution < -0.4 is 19.8 Å². The fraction of sp³-hybridized carbons (Fsp3) is 0.375. The van der Waals surface area contributed by atoms with Gasteiger partial charge in [0, 0.05) is 108 Å². The molecule has 1 atom stereocenters. The summed E-state index contributed by atoms with van der Waals surface area (Å²) in [6, 6.07) is 28.4. The number of carbonyl (C=O) groups excluding carboxylic acids is 1. The smallest absolute Gasteiger partial charge is 0.465 e. The van der Waals surface area contributed by atoms with Gasteiger partial charge in [-0.3, -0.25) is 14.1 Å². The summed E-state index contributed by atoms with van der Waals surface area (Å²) in [5.41, 5.74) is -3.38. The van der Waals surface area contributed by atoms with Gasteiger partial charge < -0.3 is 39.1 Å². The van der Waals surface area contributed by atoms with Gasteiger partial charge in [-0.1, -0.05) is 41.9 Å². The molecular formula is C56H64ClF4N6O11PS4. The Balaban J connectivity index is 0.960.